The molecule has 4 heteroatoms. The number of hydrogen-bond acceptors (Lipinski definition) is 3. The van der Waals surface area contributed by atoms with E-state index in [0.29, 0.717) is 18.5 Å². The van der Waals surface area contributed by atoms with Gasteiger partial charge in [-0.3, -0.25) is 4.79 Å². The van der Waals surface area contributed by atoms with Crippen LogP contribution in [0.5, 0.6) is 0 Å². The van der Waals surface area contributed by atoms with Crippen LogP contribution in [0.15, 0.2) is 78.9 Å². The number of carbonyl (C=O) groups excluding carboxylic acids is 1. The molecule has 0 fully saturated rings. The molecule has 0 radical (unpaired) electrons. The van der Waals surface area contributed by atoms with Crippen LogP contribution in [0.2, 0.25) is 0 Å². The van der Waals surface area contributed by atoms with Crippen LogP contribution in [0.1, 0.15) is 21.5 Å². The van der Waals surface area contributed by atoms with Crippen molar-refractivity contribution in [1.82, 2.24) is 15.0 Å². The number of aromatic nitrogens is 3. The number of benzene rings is 3. The molecule has 5 rings (SSSR count). The van der Waals surface area contributed by atoms with Crippen molar-refractivity contribution < 1.29 is 4.79 Å². The lowest BCUT2D eigenvalue weighted by Crippen LogP contribution is -2.11. The normalized spacial score (nSPS) is 12.5. The quantitative estimate of drug-likeness (QED) is 0.538. The second kappa shape index (κ2) is 6.32. The fourth-order valence-electron chi connectivity index (χ4n) is 3.73. The third-order valence-electron chi connectivity index (χ3n) is 5.02. The van der Waals surface area contributed by atoms with E-state index in [0.717, 1.165) is 33.6 Å². The molecule has 0 bridgehead atoms. The van der Waals surface area contributed by atoms with Gasteiger partial charge < -0.3 is 0 Å². The van der Waals surface area contributed by atoms with E-state index in [1.807, 2.05) is 65.3 Å². The van der Waals surface area contributed by atoms with Gasteiger partial charge in [0, 0.05) is 23.1 Å². The van der Waals surface area contributed by atoms with E-state index in [1.165, 1.54) is 0 Å². The second-order valence-corrected chi connectivity index (χ2v) is 6.73. The Bertz CT molecular complexity index is 1150. The summed E-state index contributed by atoms with van der Waals surface area (Å²) in [4.78, 5) is 12.9. The first-order valence-electron chi connectivity index (χ1n) is 8.99. The molecule has 0 amide bonds. The molecule has 0 saturated carbocycles. The number of ketones is 1. The molecule has 1 aliphatic carbocycles. The van der Waals surface area contributed by atoms with Crippen LogP contribution in [0, 0.1) is 0 Å². The van der Waals surface area contributed by atoms with Crippen molar-refractivity contribution in [1.29, 1.82) is 0 Å². The molecule has 1 aliphatic rings. The van der Waals surface area contributed by atoms with E-state index in [-0.39, 0.29) is 5.78 Å². The molecule has 1 aromatic heterocycles. The van der Waals surface area contributed by atoms with Crippen molar-refractivity contribution in [3.8, 4) is 22.5 Å². The summed E-state index contributed by atoms with van der Waals surface area (Å²) in [5.41, 5.74) is 6.49. The first-order valence-corrected chi connectivity index (χ1v) is 8.99. The maximum absolute atomic E-state index is 12.9. The molecule has 0 N–H and O–H groups in total. The lowest BCUT2D eigenvalue weighted by atomic mass is 9.88. The van der Waals surface area contributed by atoms with Crippen molar-refractivity contribution in [2.75, 3.05) is 0 Å². The maximum atomic E-state index is 12.9. The summed E-state index contributed by atoms with van der Waals surface area (Å²) in [6, 6.07) is 26.0. The van der Waals surface area contributed by atoms with E-state index in [1.54, 1.807) is 0 Å². The lowest BCUT2D eigenvalue weighted by Gasteiger charge is -2.17. The summed E-state index contributed by atoms with van der Waals surface area (Å²) >= 11 is 0. The van der Waals surface area contributed by atoms with Gasteiger partial charge >= 0.3 is 0 Å². The van der Waals surface area contributed by atoms with Gasteiger partial charge in [0.15, 0.2) is 5.78 Å². The third kappa shape index (κ3) is 2.66. The van der Waals surface area contributed by atoms with Crippen molar-refractivity contribution >= 4 is 5.78 Å². The first-order chi connectivity index (χ1) is 13.3. The molecular formula is C23H17N3O. The van der Waals surface area contributed by atoms with Crippen molar-refractivity contribution in [3.63, 3.8) is 0 Å². The third-order valence-corrected chi connectivity index (χ3v) is 5.02. The molecule has 4 nitrogen and oxygen atoms in total. The maximum Gasteiger partial charge on any atom is 0.167 e. The Kier molecular flexibility index (Phi) is 3.68. The summed E-state index contributed by atoms with van der Waals surface area (Å²) in [5, 5.41) is 8.94. The van der Waals surface area contributed by atoms with Crippen LogP contribution >= 0.6 is 0 Å². The standard InChI is InChI=1S/C23H17N3O/c27-21-14-17-10-4-5-11-18(17)23-22(20-13-7-6-12-19(20)21)24-25-26(23)15-16-8-2-1-3-9-16/h1-13H,14-15H2. The first kappa shape index (κ1) is 15.7. The molecular weight excluding hydrogens is 334 g/mol. The van der Waals surface area contributed by atoms with Gasteiger partial charge in [0.05, 0.1) is 12.2 Å². The van der Waals surface area contributed by atoms with Gasteiger partial charge in [-0.25, -0.2) is 4.68 Å². The SMILES string of the molecule is O=C1Cc2ccccc2-c2c(nnn2Cc2ccccc2)-c2ccccc21. The summed E-state index contributed by atoms with van der Waals surface area (Å²) in [5.74, 6) is 0.112. The molecule has 0 spiro atoms. The van der Waals surface area contributed by atoms with Gasteiger partial charge in [0.1, 0.15) is 5.69 Å². The summed E-state index contributed by atoms with van der Waals surface area (Å²) < 4.78 is 1.94. The van der Waals surface area contributed by atoms with Crippen molar-refractivity contribution in [3.05, 3.63) is 95.6 Å². The molecule has 130 valence electrons. The van der Waals surface area contributed by atoms with Gasteiger partial charge in [0.2, 0.25) is 0 Å². The number of nitrogens with zero attached hydrogens (tertiary/aromatic N) is 3. The predicted octanol–water partition coefficient (Wildman–Crippen LogP) is 4.40. The number of hydrogen-bond donors (Lipinski definition) is 0. The van der Waals surface area contributed by atoms with E-state index < -0.39 is 0 Å². The molecule has 4 aromatic rings. The highest BCUT2D eigenvalue weighted by Crippen LogP contribution is 2.37. The van der Waals surface area contributed by atoms with E-state index >= 15 is 0 Å². The minimum absolute atomic E-state index is 0.112. The van der Waals surface area contributed by atoms with Crippen LogP contribution in [0.4, 0.5) is 0 Å². The Morgan fingerprint density at radius 2 is 1.44 bits per heavy atom. The summed E-state index contributed by atoms with van der Waals surface area (Å²) in [6.07, 6.45) is 0.378. The number of carbonyl (C=O) groups is 1. The van der Waals surface area contributed by atoms with Crippen LogP contribution in [-0.4, -0.2) is 20.8 Å². The molecule has 0 saturated heterocycles. The lowest BCUT2D eigenvalue weighted by molar-refractivity contribution is 0.0993. The zero-order valence-electron chi connectivity index (χ0n) is 14.7. The zero-order valence-corrected chi connectivity index (χ0v) is 14.7. The highest BCUT2D eigenvalue weighted by molar-refractivity contribution is 6.06. The van der Waals surface area contributed by atoms with Crippen molar-refractivity contribution in [2.24, 2.45) is 0 Å². The molecule has 1 heterocycles. The second-order valence-electron chi connectivity index (χ2n) is 6.73. The fourth-order valence-corrected chi connectivity index (χ4v) is 3.73. The zero-order chi connectivity index (χ0) is 18.2. The minimum Gasteiger partial charge on any atom is -0.294 e. The van der Waals surface area contributed by atoms with Crippen LogP contribution in [-0.2, 0) is 13.0 Å². The highest BCUT2D eigenvalue weighted by atomic mass is 16.1. The minimum atomic E-state index is 0.112. The van der Waals surface area contributed by atoms with Gasteiger partial charge in [0.25, 0.3) is 0 Å². The van der Waals surface area contributed by atoms with Crippen molar-refractivity contribution in [2.45, 2.75) is 13.0 Å². The average molecular weight is 351 g/mol. The Labute approximate surface area is 157 Å². The average Bonchev–Trinajstić information content (AvgIpc) is 3.11. The molecule has 0 atom stereocenters. The Hall–Kier alpha value is -3.53. The van der Waals surface area contributed by atoms with Gasteiger partial charge in [-0.15, -0.1) is 5.10 Å². The van der Waals surface area contributed by atoms with E-state index in [2.05, 4.69) is 28.5 Å². The Morgan fingerprint density at radius 3 is 2.26 bits per heavy atom. The van der Waals surface area contributed by atoms with Crippen LogP contribution < -0.4 is 0 Å². The number of fused-ring (bicyclic) bond motifs is 5. The van der Waals surface area contributed by atoms with Gasteiger partial charge in [-0.05, 0) is 11.1 Å². The smallest absolute Gasteiger partial charge is 0.167 e. The van der Waals surface area contributed by atoms with E-state index in [9.17, 15) is 4.79 Å². The highest BCUT2D eigenvalue weighted by Gasteiger charge is 2.26. The Balaban J connectivity index is 1.77. The largest absolute Gasteiger partial charge is 0.294 e. The predicted molar refractivity (Wildman–Crippen MR) is 104 cm³/mol. The topological polar surface area (TPSA) is 47.8 Å². The molecule has 0 unspecified atom stereocenters. The fraction of sp³-hybridized carbons (Fsp3) is 0.0870. The summed E-state index contributed by atoms with van der Waals surface area (Å²) in [6.45, 7) is 0.633. The van der Waals surface area contributed by atoms with Gasteiger partial charge in [-0.2, -0.15) is 0 Å². The van der Waals surface area contributed by atoms with Crippen LogP contribution in [0.3, 0.4) is 0 Å². The monoisotopic (exact) mass is 351 g/mol. The number of Topliss-reactive ketones (excluding diaryl/α,β-unsaturated/α-hetero) is 1. The Morgan fingerprint density at radius 1 is 0.778 bits per heavy atom. The molecule has 3 aromatic carbocycles. The van der Waals surface area contributed by atoms with E-state index in [4.69, 9.17) is 0 Å². The van der Waals surface area contributed by atoms with Gasteiger partial charge in [-0.1, -0.05) is 84.1 Å². The van der Waals surface area contributed by atoms with Crippen LogP contribution in [0.25, 0.3) is 22.5 Å². The molecule has 0 aliphatic heterocycles. The summed E-state index contributed by atoms with van der Waals surface area (Å²) in [7, 11) is 0. The number of rotatable bonds is 2. The molecule has 27 heavy (non-hydrogen) atoms.